The van der Waals surface area contributed by atoms with E-state index < -0.39 is 12.1 Å². The second kappa shape index (κ2) is 5.36. The zero-order valence-electron chi connectivity index (χ0n) is 9.76. The molecule has 0 aromatic carbocycles. The highest BCUT2D eigenvalue weighted by molar-refractivity contribution is 5.84. The summed E-state index contributed by atoms with van der Waals surface area (Å²) in [5.74, 6) is -0.297. The van der Waals surface area contributed by atoms with E-state index in [0.29, 0.717) is 18.1 Å². The fourth-order valence-corrected chi connectivity index (χ4v) is 2.50. The lowest BCUT2D eigenvalue weighted by Gasteiger charge is -2.23. The summed E-state index contributed by atoms with van der Waals surface area (Å²) in [5.41, 5.74) is 0. The van der Waals surface area contributed by atoms with Gasteiger partial charge in [0.1, 0.15) is 11.9 Å². The molecule has 1 aromatic rings. The van der Waals surface area contributed by atoms with Gasteiger partial charge in [-0.05, 0) is 24.5 Å². The monoisotopic (exact) mass is 238 g/mol. The molecule has 1 aromatic heterocycles. The van der Waals surface area contributed by atoms with Crippen molar-refractivity contribution in [2.75, 3.05) is 0 Å². The molecule has 1 fully saturated rings. The van der Waals surface area contributed by atoms with E-state index in [4.69, 9.17) is 9.52 Å². The summed E-state index contributed by atoms with van der Waals surface area (Å²) in [6, 6.07) is 2.94. The molecule has 2 rings (SSSR count). The molecule has 0 amide bonds. The van der Waals surface area contributed by atoms with Gasteiger partial charge >= 0.3 is 5.97 Å². The van der Waals surface area contributed by atoms with Crippen molar-refractivity contribution >= 4 is 5.97 Å². The van der Waals surface area contributed by atoms with Crippen molar-refractivity contribution in [1.82, 2.24) is 0 Å². The van der Waals surface area contributed by atoms with E-state index >= 15 is 0 Å². The van der Waals surface area contributed by atoms with E-state index in [1.165, 1.54) is 25.3 Å². The molecule has 2 N–H and O–H groups in total. The van der Waals surface area contributed by atoms with Gasteiger partial charge in [-0.25, -0.2) is 4.79 Å². The fourth-order valence-electron chi connectivity index (χ4n) is 2.50. The van der Waals surface area contributed by atoms with Crippen LogP contribution in [0.15, 0.2) is 16.5 Å². The molecule has 0 aliphatic heterocycles. The molecule has 0 saturated heterocycles. The van der Waals surface area contributed by atoms with Crippen LogP contribution in [0, 0.1) is 5.92 Å². The molecule has 4 heteroatoms. The van der Waals surface area contributed by atoms with Crippen molar-refractivity contribution in [1.29, 1.82) is 0 Å². The van der Waals surface area contributed by atoms with Crippen LogP contribution in [0.3, 0.4) is 0 Å². The van der Waals surface area contributed by atoms with Gasteiger partial charge in [0, 0.05) is 0 Å². The number of hydrogen-bond acceptors (Lipinski definition) is 3. The number of carboxylic acid groups (broad SMARTS) is 1. The average Bonchev–Trinajstić information content (AvgIpc) is 2.79. The quantitative estimate of drug-likeness (QED) is 0.845. The summed E-state index contributed by atoms with van der Waals surface area (Å²) >= 11 is 0. The first-order valence-electron chi connectivity index (χ1n) is 6.18. The Labute approximate surface area is 100 Å². The highest BCUT2D eigenvalue weighted by Crippen LogP contribution is 2.32. The van der Waals surface area contributed by atoms with Gasteiger partial charge in [0.15, 0.2) is 0 Å². The second-order valence-corrected chi connectivity index (χ2v) is 4.76. The van der Waals surface area contributed by atoms with Gasteiger partial charge in [0.05, 0.1) is 0 Å². The lowest BCUT2D eigenvalue weighted by Crippen LogP contribution is -2.10. The fraction of sp³-hybridized carbons (Fsp3) is 0.615. The van der Waals surface area contributed by atoms with Gasteiger partial charge in [-0.2, -0.15) is 0 Å². The summed E-state index contributed by atoms with van der Waals surface area (Å²) in [6.45, 7) is 0. The van der Waals surface area contributed by atoms with Crippen molar-refractivity contribution in [3.63, 3.8) is 0 Å². The van der Waals surface area contributed by atoms with Crippen LogP contribution in [0.4, 0.5) is 0 Å². The molecule has 1 unspecified atom stereocenters. The normalized spacial score (nSPS) is 19.1. The largest absolute Gasteiger partial charge is 0.475 e. The Bertz CT molecular complexity index is 377. The first-order valence-corrected chi connectivity index (χ1v) is 6.18. The maximum absolute atomic E-state index is 10.7. The maximum Gasteiger partial charge on any atom is 0.371 e. The Morgan fingerprint density at radius 3 is 2.65 bits per heavy atom. The van der Waals surface area contributed by atoms with Crippen LogP contribution in [0.2, 0.25) is 0 Å². The van der Waals surface area contributed by atoms with Gasteiger partial charge in [-0.1, -0.05) is 32.1 Å². The number of carbonyl (C=O) groups is 1. The Hall–Kier alpha value is -1.29. The summed E-state index contributed by atoms with van der Waals surface area (Å²) < 4.78 is 5.10. The van der Waals surface area contributed by atoms with Gasteiger partial charge in [0.25, 0.3) is 0 Å². The van der Waals surface area contributed by atoms with Crippen LogP contribution in [0.5, 0.6) is 0 Å². The van der Waals surface area contributed by atoms with E-state index in [9.17, 15) is 9.90 Å². The van der Waals surface area contributed by atoms with Gasteiger partial charge in [-0.15, -0.1) is 0 Å². The van der Waals surface area contributed by atoms with Crippen LogP contribution in [-0.4, -0.2) is 16.2 Å². The van der Waals surface area contributed by atoms with Crippen molar-refractivity contribution in [2.45, 2.75) is 44.6 Å². The zero-order valence-corrected chi connectivity index (χ0v) is 9.76. The minimum absolute atomic E-state index is 0.109. The third kappa shape index (κ3) is 3.09. The molecule has 0 radical (unpaired) electrons. The summed E-state index contributed by atoms with van der Waals surface area (Å²) in [5, 5.41) is 18.7. The van der Waals surface area contributed by atoms with E-state index in [2.05, 4.69) is 0 Å². The number of rotatable bonds is 4. The second-order valence-electron chi connectivity index (χ2n) is 4.76. The van der Waals surface area contributed by atoms with Crippen LogP contribution in [0.1, 0.15) is 60.9 Å². The topological polar surface area (TPSA) is 70.7 Å². The zero-order chi connectivity index (χ0) is 12.3. The summed E-state index contributed by atoms with van der Waals surface area (Å²) in [4.78, 5) is 10.7. The number of hydrogen-bond donors (Lipinski definition) is 2. The molecule has 0 spiro atoms. The molecule has 1 heterocycles. The minimum Gasteiger partial charge on any atom is -0.475 e. The van der Waals surface area contributed by atoms with Gasteiger partial charge < -0.3 is 14.6 Å². The molecule has 1 saturated carbocycles. The van der Waals surface area contributed by atoms with Crippen molar-refractivity contribution < 1.29 is 19.4 Å². The predicted octanol–water partition coefficient (Wildman–Crippen LogP) is 2.98. The third-order valence-electron chi connectivity index (χ3n) is 3.45. The van der Waals surface area contributed by atoms with Crippen molar-refractivity contribution in [2.24, 2.45) is 5.92 Å². The van der Waals surface area contributed by atoms with Crippen molar-refractivity contribution in [3.05, 3.63) is 23.7 Å². The van der Waals surface area contributed by atoms with E-state index in [0.717, 1.165) is 12.8 Å². The molecule has 1 aliphatic rings. The first-order chi connectivity index (χ1) is 8.16. The number of aromatic carboxylic acids is 1. The van der Waals surface area contributed by atoms with Crippen LogP contribution in [0.25, 0.3) is 0 Å². The number of aliphatic hydroxyl groups excluding tert-OH is 1. The van der Waals surface area contributed by atoms with Crippen LogP contribution in [-0.2, 0) is 0 Å². The van der Waals surface area contributed by atoms with Gasteiger partial charge in [-0.3, -0.25) is 0 Å². The molecule has 4 nitrogen and oxygen atoms in total. The SMILES string of the molecule is O=C(O)c1ccc(C(O)CC2CCCCC2)o1. The summed E-state index contributed by atoms with van der Waals surface area (Å²) in [6.07, 6.45) is 6.06. The van der Waals surface area contributed by atoms with Crippen molar-refractivity contribution in [3.8, 4) is 0 Å². The van der Waals surface area contributed by atoms with Crippen LogP contribution < -0.4 is 0 Å². The Morgan fingerprint density at radius 1 is 1.35 bits per heavy atom. The Kier molecular flexibility index (Phi) is 3.84. The number of furan rings is 1. The Balaban J connectivity index is 1.93. The molecular formula is C13H18O4. The average molecular weight is 238 g/mol. The maximum atomic E-state index is 10.7. The van der Waals surface area contributed by atoms with E-state index in [-0.39, 0.29) is 5.76 Å². The smallest absolute Gasteiger partial charge is 0.371 e. The number of aliphatic hydroxyl groups is 1. The van der Waals surface area contributed by atoms with E-state index in [1.807, 2.05) is 0 Å². The van der Waals surface area contributed by atoms with Gasteiger partial charge in [0.2, 0.25) is 5.76 Å². The highest BCUT2D eigenvalue weighted by Gasteiger charge is 2.21. The summed E-state index contributed by atoms with van der Waals surface area (Å²) in [7, 11) is 0. The third-order valence-corrected chi connectivity index (χ3v) is 3.45. The Morgan fingerprint density at radius 2 is 2.06 bits per heavy atom. The molecule has 17 heavy (non-hydrogen) atoms. The molecule has 1 aliphatic carbocycles. The molecule has 1 atom stereocenters. The highest BCUT2D eigenvalue weighted by atomic mass is 16.4. The first kappa shape index (κ1) is 12.2. The molecule has 0 bridgehead atoms. The molecule has 94 valence electrons. The minimum atomic E-state index is -1.10. The molecular weight excluding hydrogens is 220 g/mol. The lowest BCUT2D eigenvalue weighted by molar-refractivity contribution is 0.0643. The number of carboxylic acids is 1. The standard InChI is InChI=1S/C13H18O4/c14-10(8-9-4-2-1-3-5-9)11-6-7-12(17-11)13(15)16/h6-7,9-10,14H,1-5,8H2,(H,15,16). The van der Waals surface area contributed by atoms with E-state index in [1.54, 1.807) is 6.07 Å². The lowest BCUT2D eigenvalue weighted by atomic mass is 9.85. The van der Waals surface area contributed by atoms with Crippen LogP contribution >= 0.6 is 0 Å². The predicted molar refractivity (Wildman–Crippen MR) is 61.8 cm³/mol.